The first kappa shape index (κ1) is 14.6. The lowest BCUT2D eigenvalue weighted by Gasteiger charge is -2.33. The normalized spacial score (nSPS) is 23.4. The van der Waals surface area contributed by atoms with E-state index in [0.29, 0.717) is 24.6 Å². The summed E-state index contributed by atoms with van der Waals surface area (Å²) >= 11 is 1.64. The molecule has 0 spiro atoms. The zero-order valence-electron chi connectivity index (χ0n) is 12.6. The fourth-order valence-electron chi connectivity index (χ4n) is 3.37. The molecule has 1 aromatic heterocycles. The molecule has 23 heavy (non-hydrogen) atoms. The van der Waals surface area contributed by atoms with Gasteiger partial charge in [-0.15, -0.1) is 11.3 Å². The quantitative estimate of drug-likeness (QED) is 0.849. The molecule has 0 saturated carbocycles. The van der Waals surface area contributed by atoms with Crippen LogP contribution in [0.15, 0.2) is 29.8 Å². The number of rotatable bonds is 2. The molecule has 6 heteroatoms. The van der Waals surface area contributed by atoms with Crippen LogP contribution in [0.3, 0.4) is 0 Å². The predicted octanol–water partition coefficient (Wildman–Crippen LogP) is 2.99. The SMILES string of the molecule is O=C([C@@H]1Cc2cc(F)ccc2O1)N1CCC[C@H](c2nccs2)C1. The Bertz CT molecular complexity index is 719. The average Bonchev–Trinajstić information content (AvgIpc) is 3.23. The van der Waals surface area contributed by atoms with E-state index in [9.17, 15) is 9.18 Å². The number of carbonyl (C=O) groups excluding carboxylic acids is 1. The predicted molar refractivity (Wildman–Crippen MR) is 85.2 cm³/mol. The number of aromatic nitrogens is 1. The molecular formula is C17H17FN2O2S. The van der Waals surface area contributed by atoms with Crippen molar-refractivity contribution in [2.24, 2.45) is 0 Å². The molecule has 1 fully saturated rings. The van der Waals surface area contributed by atoms with Gasteiger partial charge in [-0.25, -0.2) is 9.37 Å². The number of fused-ring (bicyclic) bond motifs is 1. The summed E-state index contributed by atoms with van der Waals surface area (Å²) in [4.78, 5) is 19.0. The van der Waals surface area contributed by atoms with Crippen molar-refractivity contribution in [2.75, 3.05) is 13.1 Å². The molecule has 1 saturated heterocycles. The first-order valence-electron chi connectivity index (χ1n) is 7.84. The van der Waals surface area contributed by atoms with E-state index in [0.717, 1.165) is 30.0 Å². The van der Waals surface area contributed by atoms with Gasteiger partial charge in [0, 0.05) is 42.6 Å². The number of carbonyl (C=O) groups is 1. The Morgan fingerprint density at radius 1 is 1.43 bits per heavy atom. The molecule has 2 aliphatic rings. The van der Waals surface area contributed by atoms with E-state index in [1.807, 2.05) is 16.5 Å². The van der Waals surface area contributed by atoms with E-state index in [-0.39, 0.29) is 11.7 Å². The molecule has 4 nitrogen and oxygen atoms in total. The Balaban J connectivity index is 1.45. The minimum Gasteiger partial charge on any atom is -0.480 e. The van der Waals surface area contributed by atoms with Gasteiger partial charge in [-0.05, 0) is 31.0 Å². The molecule has 0 bridgehead atoms. The van der Waals surface area contributed by atoms with Gasteiger partial charge in [-0.1, -0.05) is 0 Å². The minimum absolute atomic E-state index is 0.00265. The maximum Gasteiger partial charge on any atom is 0.264 e. The third-order valence-electron chi connectivity index (χ3n) is 4.51. The lowest BCUT2D eigenvalue weighted by atomic mass is 9.98. The van der Waals surface area contributed by atoms with Gasteiger partial charge in [0.15, 0.2) is 6.10 Å². The Hall–Kier alpha value is -1.95. The molecule has 0 radical (unpaired) electrons. The highest BCUT2D eigenvalue weighted by Crippen LogP contribution is 2.32. The van der Waals surface area contributed by atoms with Crippen molar-refractivity contribution in [1.29, 1.82) is 0 Å². The topological polar surface area (TPSA) is 42.4 Å². The standard InChI is InChI=1S/C17H17FN2O2S/c18-13-3-4-14-12(8-13)9-15(22-14)17(21)20-6-1-2-11(10-20)16-19-5-7-23-16/h3-5,7-8,11,15H,1-2,6,9-10H2/t11-,15-/m0/s1. The number of piperidine rings is 1. The van der Waals surface area contributed by atoms with Crippen LogP contribution < -0.4 is 4.74 Å². The number of thiazole rings is 1. The second kappa shape index (κ2) is 5.92. The summed E-state index contributed by atoms with van der Waals surface area (Å²) in [7, 11) is 0. The van der Waals surface area contributed by atoms with E-state index in [1.165, 1.54) is 12.1 Å². The van der Waals surface area contributed by atoms with Gasteiger partial charge >= 0.3 is 0 Å². The molecule has 3 heterocycles. The first-order valence-corrected chi connectivity index (χ1v) is 8.72. The number of ether oxygens (including phenoxy) is 1. The van der Waals surface area contributed by atoms with Crippen LogP contribution in [0.2, 0.25) is 0 Å². The molecule has 4 rings (SSSR count). The summed E-state index contributed by atoms with van der Waals surface area (Å²) in [6, 6.07) is 4.43. The van der Waals surface area contributed by atoms with Crippen LogP contribution in [0.4, 0.5) is 4.39 Å². The molecule has 1 aromatic carbocycles. The number of nitrogens with zero attached hydrogens (tertiary/aromatic N) is 2. The fourth-order valence-corrected chi connectivity index (χ4v) is 4.14. The molecule has 120 valence electrons. The summed E-state index contributed by atoms with van der Waals surface area (Å²) in [6.07, 6.45) is 3.77. The monoisotopic (exact) mass is 332 g/mol. The highest BCUT2D eigenvalue weighted by molar-refractivity contribution is 7.09. The smallest absolute Gasteiger partial charge is 0.264 e. The third-order valence-corrected chi connectivity index (χ3v) is 5.44. The lowest BCUT2D eigenvalue weighted by Crippen LogP contribution is -2.45. The summed E-state index contributed by atoms with van der Waals surface area (Å²) in [5.41, 5.74) is 0.775. The highest BCUT2D eigenvalue weighted by atomic mass is 32.1. The van der Waals surface area contributed by atoms with E-state index in [4.69, 9.17) is 4.74 Å². The molecule has 1 amide bonds. The van der Waals surface area contributed by atoms with Crippen LogP contribution in [0.5, 0.6) is 5.75 Å². The Kier molecular flexibility index (Phi) is 3.77. The number of halogens is 1. The first-order chi connectivity index (χ1) is 11.2. The fraction of sp³-hybridized carbons (Fsp3) is 0.412. The number of hydrogen-bond acceptors (Lipinski definition) is 4. The number of likely N-dealkylation sites (tertiary alicyclic amines) is 1. The van der Waals surface area contributed by atoms with Crippen molar-refractivity contribution in [3.8, 4) is 5.75 Å². The van der Waals surface area contributed by atoms with Crippen molar-refractivity contribution < 1.29 is 13.9 Å². The summed E-state index contributed by atoms with van der Waals surface area (Å²) in [5, 5.41) is 3.07. The zero-order chi connectivity index (χ0) is 15.8. The maximum atomic E-state index is 13.3. The molecule has 2 aromatic rings. The van der Waals surface area contributed by atoms with Crippen molar-refractivity contribution in [3.63, 3.8) is 0 Å². The van der Waals surface area contributed by atoms with Crippen molar-refractivity contribution in [1.82, 2.24) is 9.88 Å². The van der Waals surface area contributed by atoms with Crippen molar-refractivity contribution >= 4 is 17.2 Å². The third kappa shape index (κ3) is 2.83. The van der Waals surface area contributed by atoms with Gasteiger partial charge in [-0.3, -0.25) is 4.79 Å². The van der Waals surface area contributed by atoms with E-state index in [2.05, 4.69) is 4.98 Å². The van der Waals surface area contributed by atoms with Crippen LogP contribution in [-0.2, 0) is 11.2 Å². The summed E-state index contributed by atoms with van der Waals surface area (Å²) in [6.45, 7) is 1.45. The van der Waals surface area contributed by atoms with Crippen LogP contribution >= 0.6 is 11.3 Å². The van der Waals surface area contributed by atoms with E-state index < -0.39 is 6.10 Å². The van der Waals surface area contributed by atoms with Crippen LogP contribution in [0, 0.1) is 5.82 Å². The second-order valence-electron chi connectivity index (χ2n) is 6.06. The van der Waals surface area contributed by atoms with Crippen LogP contribution in [0.25, 0.3) is 0 Å². The Labute approximate surface area is 137 Å². The lowest BCUT2D eigenvalue weighted by molar-refractivity contribution is -0.139. The van der Waals surface area contributed by atoms with Gasteiger partial charge in [0.1, 0.15) is 11.6 Å². The average molecular weight is 332 g/mol. The maximum absolute atomic E-state index is 13.3. The number of benzene rings is 1. The molecule has 0 unspecified atom stereocenters. The molecule has 2 atom stereocenters. The van der Waals surface area contributed by atoms with Gasteiger partial charge in [-0.2, -0.15) is 0 Å². The summed E-state index contributed by atoms with van der Waals surface area (Å²) < 4.78 is 19.0. The van der Waals surface area contributed by atoms with E-state index >= 15 is 0 Å². The number of amides is 1. The zero-order valence-corrected chi connectivity index (χ0v) is 13.4. The molecule has 0 aliphatic carbocycles. The second-order valence-corrected chi connectivity index (χ2v) is 6.98. The van der Waals surface area contributed by atoms with Gasteiger partial charge in [0.25, 0.3) is 5.91 Å². The summed E-state index contributed by atoms with van der Waals surface area (Å²) in [5.74, 6) is 0.650. The van der Waals surface area contributed by atoms with Crippen molar-refractivity contribution in [2.45, 2.75) is 31.3 Å². The van der Waals surface area contributed by atoms with Gasteiger partial charge < -0.3 is 9.64 Å². The molecule has 2 aliphatic heterocycles. The highest BCUT2D eigenvalue weighted by Gasteiger charge is 2.35. The largest absolute Gasteiger partial charge is 0.480 e. The van der Waals surface area contributed by atoms with Crippen LogP contribution in [-0.4, -0.2) is 35.0 Å². The minimum atomic E-state index is -0.526. The van der Waals surface area contributed by atoms with Crippen LogP contribution in [0.1, 0.15) is 29.3 Å². The molecular weight excluding hydrogens is 315 g/mol. The Morgan fingerprint density at radius 2 is 2.35 bits per heavy atom. The Morgan fingerprint density at radius 3 is 3.17 bits per heavy atom. The van der Waals surface area contributed by atoms with Gasteiger partial charge in [0.2, 0.25) is 0 Å². The number of hydrogen-bond donors (Lipinski definition) is 0. The molecule has 0 N–H and O–H groups in total. The van der Waals surface area contributed by atoms with Gasteiger partial charge in [0.05, 0.1) is 5.01 Å². The van der Waals surface area contributed by atoms with Crippen molar-refractivity contribution in [3.05, 3.63) is 46.2 Å². The van der Waals surface area contributed by atoms with E-state index in [1.54, 1.807) is 17.4 Å².